The lowest BCUT2D eigenvalue weighted by atomic mass is 9.87. The van der Waals surface area contributed by atoms with Crippen molar-refractivity contribution >= 4 is 27.8 Å². The minimum atomic E-state index is -4.18. The molecule has 0 aliphatic carbocycles. The zero-order valence-electron chi connectivity index (χ0n) is 24.5. The number of benzene rings is 2. The molecule has 2 N–H and O–H groups in total. The van der Waals surface area contributed by atoms with Crippen molar-refractivity contribution in [2.75, 3.05) is 6.54 Å². The topological polar surface area (TPSA) is 154 Å². The summed E-state index contributed by atoms with van der Waals surface area (Å²) >= 11 is 0. The fraction of sp³-hybridized carbons (Fsp3) is 0.367. The van der Waals surface area contributed by atoms with E-state index in [1.165, 1.54) is 31.5 Å². The maximum Gasteiger partial charge on any atom is 0.308 e. The maximum absolute atomic E-state index is 13.3. The minimum absolute atomic E-state index is 0.0766. The fourth-order valence-corrected chi connectivity index (χ4v) is 5.81. The van der Waals surface area contributed by atoms with Crippen molar-refractivity contribution < 1.29 is 32.3 Å². The second kappa shape index (κ2) is 11.9. The number of nitrogens with one attached hydrogen (secondary N) is 2. The van der Waals surface area contributed by atoms with E-state index in [1.54, 1.807) is 32.9 Å². The van der Waals surface area contributed by atoms with Crippen molar-refractivity contribution in [3.8, 4) is 11.5 Å². The number of esters is 1. The van der Waals surface area contributed by atoms with Crippen LogP contribution in [0.4, 0.5) is 0 Å². The Labute approximate surface area is 245 Å². The predicted molar refractivity (Wildman–Crippen MR) is 154 cm³/mol. The molecule has 0 fully saturated rings. The quantitative estimate of drug-likeness (QED) is 0.296. The first-order chi connectivity index (χ1) is 19.7. The minimum Gasteiger partial charge on any atom is -0.477 e. The van der Waals surface area contributed by atoms with Crippen molar-refractivity contribution in [3.05, 3.63) is 75.9 Å². The lowest BCUT2D eigenvalue weighted by molar-refractivity contribution is -0.135. The van der Waals surface area contributed by atoms with Gasteiger partial charge in [-0.3, -0.25) is 19.4 Å². The summed E-state index contributed by atoms with van der Waals surface area (Å²) in [5.74, 6) is -0.592. The molecular formula is C30H34N4O7S. The molecule has 1 aliphatic heterocycles. The third kappa shape index (κ3) is 6.43. The number of aryl methyl sites for hydroxylation is 1. The van der Waals surface area contributed by atoms with Crippen LogP contribution in [0.1, 0.15) is 64.3 Å². The Balaban J connectivity index is 1.41. The summed E-state index contributed by atoms with van der Waals surface area (Å²) in [6, 6.07) is 6.07. The zero-order valence-corrected chi connectivity index (χ0v) is 25.3. The number of carbonyl (C=O) groups excluding carboxylic acids is 3. The second-order valence-corrected chi connectivity index (χ2v) is 12.2. The molecule has 3 aromatic rings. The van der Waals surface area contributed by atoms with Gasteiger partial charge in [-0.05, 0) is 81.8 Å². The number of nitrogens with zero attached hydrogens (tertiary/aromatic N) is 2. The van der Waals surface area contributed by atoms with E-state index < -0.39 is 27.5 Å². The molecule has 1 aromatic heterocycles. The molecule has 4 rings (SSSR count). The number of fused-ring (bicyclic) bond motifs is 1. The van der Waals surface area contributed by atoms with Gasteiger partial charge in [0.15, 0.2) is 5.60 Å². The summed E-state index contributed by atoms with van der Waals surface area (Å²) in [5.41, 5.74) is 3.28. The molecule has 11 nitrogen and oxygen atoms in total. The van der Waals surface area contributed by atoms with Gasteiger partial charge in [-0.2, -0.15) is 0 Å². The molecule has 222 valence electrons. The number of sulfonamides is 1. The lowest BCUT2D eigenvalue weighted by Gasteiger charge is -2.36. The average Bonchev–Trinajstić information content (AvgIpc) is 2.94. The third-order valence-electron chi connectivity index (χ3n) is 7.39. The molecule has 0 radical (unpaired) electrons. The van der Waals surface area contributed by atoms with Crippen LogP contribution in [0.15, 0.2) is 41.6 Å². The molecule has 2 heterocycles. The van der Waals surface area contributed by atoms with E-state index in [4.69, 9.17) is 9.47 Å². The Morgan fingerprint density at radius 2 is 1.69 bits per heavy atom. The van der Waals surface area contributed by atoms with Crippen LogP contribution in [-0.4, -0.2) is 48.3 Å². The van der Waals surface area contributed by atoms with Crippen LogP contribution in [-0.2, 0) is 32.5 Å². The van der Waals surface area contributed by atoms with E-state index in [-0.39, 0.29) is 22.9 Å². The van der Waals surface area contributed by atoms with Crippen molar-refractivity contribution in [3.63, 3.8) is 0 Å². The summed E-state index contributed by atoms with van der Waals surface area (Å²) in [4.78, 5) is 45.1. The van der Waals surface area contributed by atoms with Gasteiger partial charge in [0.05, 0.1) is 16.8 Å². The van der Waals surface area contributed by atoms with E-state index >= 15 is 0 Å². The summed E-state index contributed by atoms with van der Waals surface area (Å²) in [6.45, 7) is 10.4. The highest BCUT2D eigenvalue weighted by atomic mass is 32.2. The molecule has 1 aliphatic rings. The molecule has 2 aromatic carbocycles. The predicted octanol–water partition coefficient (Wildman–Crippen LogP) is 3.20. The van der Waals surface area contributed by atoms with Gasteiger partial charge < -0.3 is 14.8 Å². The monoisotopic (exact) mass is 594 g/mol. The highest BCUT2D eigenvalue weighted by Crippen LogP contribution is 2.44. The molecular weight excluding hydrogens is 560 g/mol. The first-order valence-electron chi connectivity index (χ1n) is 13.4. The molecule has 42 heavy (non-hydrogen) atoms. The average molecular weight is 595 g/mol. The highest BCUT2D eigenvalue weighted by Gasteiger charge is 2.42. The van der Waals surface area contributed by atoms with Crippen LogP contribution in [0.3, 0.4) is 0 Å². The number of amides is 2. The molecule has 0 spiro atoms. The van der Waals surface area contributed by atoms with E-state index in [1.807, 2.05) is 13.8 Å². The summed E-state index contributed by atoms with van der Waals surface area (Å²) in [7, 11) is -4.18. The highest BCUT2D eigenvalue weighted by molar-refractivity contribution is 7.90. The van der Waals surface area contributed by atoms with Crippen molar-refractivity contribution in [2.24, 2.45) is 0 Å². The van der Waals surface area contributed by atoms with Gasteiger partial charge in [0.1, 0.15) is 17.2 Å². The third-order valence-corrected chi connectivity index (χ3v) is 8.74. The first-order valence-corrected chi connectivity index (χ1v) is 14.9. The maximum atomic E-state index is 13.3. The van der Waals surface area contributed by atoms with Gasteiger partial charge in [-0.1, -0.05) is 12.1 Å². The SMILES string of the molecule is CC(=O)Oc1c(C)c(C)c2c(c1C)CCC(C)(C(=O)NS(=O)(=O)c1ccc(CCNC(=O)c3cnc(C)cn3)cc1)O2. The van der Waals surface area contributed by atoms with Crippen molar-refractivity contribution in [1.82, 2.24) is 20.0 Å². The van der Waals surface area contributed by atoms with Crippen molar-refractivity contribution in [2.45, 2.75) is 71.3 Å². The van der Waals surface area contributed by atoms with Gasteiger partial charge in [0.2, 0.25) is 0 Å². The normalized spacial score (nSPS) is 16.1. The van der Waals surface area contributed by atoms with Crippen LogP contribution in [0.2, 0.25) is 0 Å². The van der Waals surface area contributed by atoms with Gasteiger partial charge >= 0.3 is 5.97 Å². The van der Waals surface area contributed by atoms with E-state index in [0.29, 0.717) is 47.7 Å². The Bertz CT molecular complexity index is 1650. The standard InChI is InChI=1S/C30H34N4O7S/c1-17-15-33-25(16-32-17)28(36)31-14-12-22-7-9-23(10-8-22)42(38,39)34-29(37)30(6)13-11-24-20(4)26(40-21(5)35)18(2)19(3)27(24)41-30/h7-10,15-16H,11-14H2,1-6H3,(H,31,36)(H,34,37). The van der Waals surface area contributed by atoms with Crippen LogP contribution in [0, 0.1) is 27.7 Å². The first kappa shape index (κ1) is 30.6. The lowest BCUT2D eigenvalue weighted by Crippen LogP contribution is -2.52. The number of carbonyl (C=O) groups is 3. The van der Waals surface area contributed by atoms with Gasteiger partial charge in [-0.25, -0.2) is 18.1 Å². The van der Waals surface area contributed by atoms with Crippen LogP contribution in [0.5, 0.6) is 11.5 Å². The summed E-state index contributed by atoms with van der Waals surface area (Å²) in [5, 5.41) is 2.76. The fourth-order valence-electron chi connectivity index (χ4n) is 4.74. The number of rotatable bonds is 8. The molecule has 0 bridgehead atoms. The van der Waals surface area contributed by atoms with Gasteiger partial charge in [0, 0.05) is 31.6 Å². The van der Waals surface area contributed by atoms with E-state index in [2.05, 4.69) is 20.0 Å². The number of hydrogen-bond donors (Lipinski definition) is 2. The van der Waals surface area contributed by atoms with Gasteiger partial charge in [0.25, 0.3) is 21.8 Å². The van der Waals surface area contributed by atoms with Crippen molar-refractivity contribution in [1.29, 1.82) is 0 Å². The van der Waals surface area contributed by atoms with Crippen LogP contribution < -0.4 is 19.5 Å². The zero-order chi connectivity index (χ0) is 30.8. The van der Waals surface area contributed by atoms with E-state index in [0.717, 1.165) is 16.7 Å². The van der Waals surface area contributed by atoms with E-state index in [9.17, 15) is 22.8 Å². The molecule has 12 heteroatoms. The number of ether oxygens (including phenoxy) is 2. The number of aromatic nitrogens is 2. The molecule has 1 unspecified atom stereocenters. The second-order valence-electron chi connectivity index (χ2n) is 10.6. The van der Waals surface area contributed by atoms with Crippen LogP contribution >= 0.6 is 0 Å². The smallest absolute Gasteiger partial charge is 0.308 e. The number of hydrogen-bond acceptors (Lipinski definition) is 9. The van der Waals surface area contributed by atoms with Crippen LogP contribution in [0.25, 0.3) is 0 Å². The Morgan fingerprint density at radius 3 is 2.31 bits per heavy atom. The summed E-state index contributed by atoms with van der Waals surface area (Å²) < 4.78 is 39.9. The molecule has 2 amide bonds. The Kier molecular flexibility index (Phi) is 8.67. The molecule has 0 saturated heterocycles. The summed E-state index contributed by atoms with van der Waals surface area (Å²) in [6.07, 6.45) is 4.03. The van der Waals surface area contributed by atoms with Gasteiger partial charge in [-0.15, -0.1) is 0 Å². The largest absolute Gasteiger partial charge is 0.477 e. The molecule has 1 atom stereocenters. The Morgan fingerprint density at radius 1 is 1.00 bits per heavy atom. The Hall–Kier alpha value is -4.32. The molecule has 0 saturated carbocycles.